The predicted octanol–water partition coefficient (Wildman–Crippen LogP) is 0.478. The standard InChI is InChI=1S/C8H12O3/c9-7-5-2-1-4(3-5)6(7)8(10)11/h4-7,9H,1-3H2,(H,10,11). The second kappa shape index (κ2) is 2.21. The molecule has 4 unspecified atom stereocenters. The summed E-state index contributed by atoms with van der Waals surface area (Å²) in [5.41, 5.74) is 0. The number of aliphatic hydroxyl groups is 1. The Balaban J connectivity index is 2.17. The summed E-state index contributed by atoms with van der Waals surface area (Å²) in [5, 5.41) is 18.2. The zero-order chi connectivity index (χ0) is 8.01. The highest BCUT2D eigenvalue weighted by molar-refractivity contribution is 5.72. The number of carboxylic acid groups (broad SMARTS) is 1. The van der Waals surface area contributed by atoms with Gasteiger partial charge >= 0.3 is 5.97 Å². The van der Waals surface area contributed by atoms with Crippen LogP contribution in [0.15, 0.2) is 0 Å². The fraction of sp³-hybridized carbons (Fsp3) is 0.875. The van der Waals surface area contributed by atoms with Gasteiger partial charge in [-0.3, -0.25) is 4.79 Å². The molecule has 11 heavy (non-hydrogen) atoms. The maximum absolute atomic E-state index is 10.6. The van der Waals surface area contributed by atoms with Gasteiger partial charge in [0.05, 0.1) is 12.0 Å². The molecule has 2 bridgehead atoms. The zero-order valence-electron chi connectivity index (χ0n) is 6.23. The summed E-state index contributed by atoms with van der Waals surface area (Å²) in [4.78, 5) is 10.6. The van der Waals surface area contributed by atoms with E-state index in [1.54, 1.807) is 0 Å². The molecule has 4 atom stereocenters. The number of carboxylic acids is 1. The van der Waals surface area contributed by atoms with Gasteiger partial charge in [0.1, 0.15) is 0 Å². The Bertz CT molecular complexity index is 188. The topological polar surface area (TPSA) is 57.5 Å². The highest BCUT2D eigenvalue weighted by Crippen LogP contribution is 2.48. The van der Waals surface area contributed by atoms with E-state index in [0.717, 1.165) is 19.3 Å². The second-order valence-corrected chi connectivity index (χ2v) is 3.69. The quantitative estimate of drug-likeness (QED) is 0.580. The minimum atomic E-state index is -0.815. The first-order chi connectivity index (χ1) is 5.20. The highest BCUT2D eigenvalue weighted by atomic mass is 16.4. The molecule has 2 aliphatic rings. The van der Waals surface area contributed by atoms with Crippen molar-refractivity contribution in [3.63, 3.8) is 0 Å². The van der Waals surface area contributed by atoms with Gasteiger partial charge in [-0.05, 0) is 31.1 Å². The van der Waals surface area contributed by atoms with E-state index in [9.17, 15) is 9.90 Å². The first-order valence-corrected chi connectivity index (χ1v) is 4.11. The molecular weight excluding hydrogens is 144 g/mol. The van der Waals surface area contributed by atoms with Crippen LogP contribution in [0.1, 0.15) is 19.3 Å². The normalized spacial score (nSPS) is 48.1. The summed E-state index contributed by atoms with van der Waals surface area (Å²) >= 11 is 0. The van der Waals surface area contributed by atoms with Gasteiger partial charge in [0, 0.05) is 0 Å². The van der Waals surface area contributed by atoms with E-state index in [4.69, 9.17) is 5.11 Å². The molecule has 0 radical (unpaired) electrons. The molecule has 2 N–H and O–H groups in total. The average molecular weight is 156 g/mol. The Hall–Kier alpha value is -0.570. The molecule has 2 rings (SSSR count). The van der Waals surface area contributed by atoms with Crippen LogP contribution in [0, 0.1) is 17.8 Å². The van der Waals surface area contributed by atoms with Gasteiger partial charge in [0.2, 0.25) is 0 Å². The van der Waals surface area contributed by atoms with Crippen molar-refractivity contribution in [2.45, 2.75) is 25.4 Å². The summed E-state index contributed by atoms with van der Waals surface area (Å²) in [6.07, 6.45) is 2.39. The number of hydrogen-bond donors (Lipinski definition) is 2. The highest BCUT2D eigenvalue weighted by Gasteiger charge is 2.50. The number of fused-ring (bicyclic) bond motifs is 2. The van der Waals surface area contributed by atoms with Gasteiger partial charge in [-0.1, -0.05) is 0 Å². The lowest BCUT2D eigenvalue weighted by Gasteiger charge is -2.22. The largest absolute Gasteiger partial charge is 0.481 e. The van der Waals surface area contributed by atoms with Crippen LogP contribution < -0.4 is 0 Å². The van der Waals surface area contributed by atoms with Crippen molar-refractivity contribution < 1.29 is 15.0 Å². The molecule has 3 heteroatoms. The lowest BCUT2D eigenvalue weighted by atomic mass is 9.86. The van der Waals surface area contributed by atoms with Gasteiger partial charge < -0.3 is 10.2 Å². The van der Waals surface area contributed by atoms with E-state index < -0.39 is 18.0 Å². The monoisotopic (exact) mass is 156 g/mol. The Labute approximate surface area is 65.0 Å². The summed E-state index contributed by atoms with van der Waals surface area (Å²) in [7, 11) is 0. The van der Waals surface area contributed by atoms with E-state index in [1.165, 1.54) is 0 Å². The van der Waals surface area contributed by atoms with Gasteiger partial charge in [0.25, 0.3) is 0 Å². The molecule has 0 heterocycles. The molecule has 0 spiro atoms. The van der Waals surface area contributed by atoms with E-state index in [1.807, 2.05) is 0 Å². The molecule has 2 saturated carbocycles. The molecule has 0 aromatic carbocycles. The molecule has 62 valence electrons. The van der Waals surface area contributed by atoms with Crippen molar-refractivity contribution in [2.75, 3.05) is 0 Å². The fourth-order valence-corrected chi connectivity index (χ4v) is 2.61. The summed E-state index contributed by atoms with van der Waals surface area (Å²) in [5.74, 6) is -0.743. The molecule has 3 nitrogen and oxygen atoms in total. The average Bonchev–Trinajstić information content (AvgIpc) is 2.44. The minimum Gasteiger partial charge on any atom is -0.481 e. The number of carbonyl (C=O) groups is 1. The van der Waals surface area contributed by atoms with Crippen molar-refractivity contribution in [3.05, 3.63) is 0 Å². The van der Waals surface area contributed by atoms with Crippen molar-refractivity contribution in [3.8, 4) is 0 Å². The predicted molar refractivity (Wildman–Crippen MR) is 38.0 cm³/mol. The number of aliphatic hydroxyl groups excluding tert-OH is 1. The number of aliphatic carboxylic acids is 1. The van der Waals surface area contributed by atoms with E-state index in [-0.39, 0.29) is 11.8 Å². The summed E-state index contributed by atoms with van der Waals surface area (Å²) in [6, 6.07) is 0. The Morgan fingerprint density at radius 1 is 1.27 bits per heavy atom. The molecule has 0 saturated heterocycles. The second-order valence-electron chi connectivity index (χ2n) is 3.69. The first-order valence-electron chi connectivity index (χ1n) is 4.11. The third-order valence-electron chi connectivity index (χ3n) is 3.16. The zero-order valence-corrected chi connectivity index (χ0v) is 6.23. The van der Waals surface area contributed by atoms with Gasteiger partial charge in [-0.15, -0.1) is 0 Å². The van der Waals surface area contributed by atoms with Crippen molar-refractivity contribution in [2.24, 2.45) is 17.8 Å². The molecule has 2 fully saturated rings. The molecule has 0 aliphatic heterocycles. The third-order valence-corrected chi connectivity index (χ3v) is 3.16. The summed E-state index contributed by atoms with van der Waals surface area (Å²) in [6.45, 7) is 0. The van der Waals surface area contributed by atoms with Crippen LogP contribution >= 0.6 is 0 Å². The molecule has 0 amide bonds. The first kappa shape index (κ1) is 7.10. The SMILES string of the molecule is O=C(O)C1C2CCC(C2)C1O. The van der Waals surface area contributed by atoms with Crippen LogP contribution in [-0.2, 0) is 4.79 Å². The van der Waals surface area contributed by atoms with Crippen LogP contribution in [0.2, 0.25) is 0 Å². The number of rotatable bonds is 1. The van der Waals surface area contributed by atoms with Crippen LogP contribution in [0.25, 0.3) is 0 Å². The van der Waals surface area contributed by atoms with Crippen LogP contribution in [0.4, 0.5) is 0 Å². The van der Waals surface area contributed by atoms with Crippen LogP contribution in [0.3, 0.4) is 0 Å². The van der Waals surface area contributed by atoms with Crippen molar-refractivity contribution in [1.82, 2.24) is 0 Å². The van der Waals surface area contributed by atoms with Crippen molar-refractivity contribution >= 4 is 5.97 Å². The van der Waals surface area contributed by atoms with Gasteiger partial charge in [0.15, 0.2) is 0 Å². The van der Waals surface area contributed by atoms with Crippen LogP contribution in [-0.4, -0.2) is 22.3 Å². The maximum atomic E-state index is 10.6. The fourth-order valence-electron chi connectivity index (χ4n) is 2.61. The van der Waals surface area contributed by atoms with E-state index in [0.29, 0.717) is 0 Å². The number of hydrogen-bond acceptors (Lipinski definition) is 2. The Morgan fingerprint density at radius 3 is 2.27 bits per heavy atom. The molecule has 2 aliphatic carbocycles. The van der Waals surface area contributed by atoms with Gasteiger partial charge in [-0.25, -0.2) is 0 Å². The smallest absolute Gasteiger partial charge is 0.309 e. The molecule has 0 aromatic rings. The lowest BCUT2D eigenvalue weighted by molar-refractivity contribution is -0.147. The van der Waals surface area contributed by atoms with E-state index in [2.05, 4.69) is 0 Å². The minimum absolute atomic E-state index is 0.257. The Kier molecular flexibility index (Phi) is 1.42. The van der Waals surface area contributed by atoms with Crippen LogP contribution in [0.5, 0.6) is 0 Å². The van der Waals surface area contributed by atoms with Gasteiger partial charge in [-0.2, -0.15) is 0 Å². The van der Waals surface area contributed by atoms with E-state index >= 15 is 0 Å². The van der Waals surface area contributed by atoms with Crippen molar-refractivity contribution in [1.29, 1.82) is 0 Å². The maximum Gasteiger partial charge on any atom is 0.309 e. The third kappa shape index (κ3) is 0.872. The summed E-state index contributed by atoms with van der Waals surface area (Å²) < 4.78 is 0. The Morgan fingerprint density at radius 2 is 1.91 bits per heavy atom. The molecule has 0 aromatic heterocycles. The lowest BCUT2D eigenvalue weighted by Crippen LogP contribution is -2.33. The molecular formula is C8H12O3.